The normalized spacial score (nSPS) is 12.8. The first-order valence-electron chi connectivity index (χ1n) is 5.57. The molecule has 0 radical (unpaired) electrons. The minimum atomic E-state index is -2.58. The Bertz CT molecular complexity index is 386. The van der Waals surface area contributed by atoms with Crippen LogP contribution in [0.4, 0.5) is 18.9 Å². The zero-order valence-electron chi connectivity index (χ0n) is 9.98. The summed E-state index contributed by atoms with van der Waals surface area (Å²) in [5.74, 6) is -0.546. The fourth-order valence-corrected chi connectivity index (χ4v) is 1.75. The van der Waals surface area contributed by atoms with Crippen LogP contribution >= 0.6 is 0 Å². The number of hydrogen-bond acceptors (Lipinski definition) is 3. The third-order valence-electron chi connectivity index (χ3n) is 2.51. The molecule has 0 aliphatic rings. The summed E-state index contributed by atoms with van der Waals surface area (Å²) in [6, 6.07) is 3.57. The van der Waals surface area contributed by atoms with Gasteiger partial charge in [0.1, 0.15) is 5.82 Å². The summed E-state index contributed by atoms with van der Waals surface area (Å²) in [5.41, 5.74) is 0.532. The van der Waals surface area contributed by atoms with E-state index in [0.29, 0.717) is 5.69 Å². The fourth-order valence-electron chi connectivity index (χ4n) is 1.75. The maximum atomic E-state index is 13.1. The summed E-state index contributed by atoms with van der Waals surface area (Å²) in [5, 5.41) is 18.4. The van der Waals surface area contributed by atoms with Crippen molar-refractivity contribution in [3.63, 3.8) is 0 Å². The lowest BCUT2D eigenvalue weighted by Crippen LogP contribution is -2.32. The number of nitrogens with zero attached hydrogens (tertiary/aromatic N) is 1. The molecule has 1 atom stereocenters. The quantitative estimate of drug-likeness (QED) is 0.824. The van der Waals surface area contributed by atoms with Crippen LogP contribution in [0, 0.1) is 5.82 Å². The van der Waals surface area contributed by atoms with Crippen LogP contribution in [0.25, 0.3) is 0 Å². The Morgan fingerprint density at radius 2 is 2.00 bits per heavy atom. The smallest absolute Gasteiger partial charge is 0.255 e. The van der Waals surface area contributed by atoms with Crippen molar-refractivity contribution < 1.29 is 23.4 Å². The predicted octanol–water partition coefficient (Wildman–Crippen LogP) is 1.94. The number of hydrogen-bond donors (Lipinski definition) is 2. The molecule has 2 N–H and O–H groups in total. The van der Waals surface area contributed by atoms with Gasteiger partial charge in [0.05, 0.1) is 19.3 Å². The number of halogens is 3. The Kier molecular flexibility index (Phi) is 5.43. The number of rotatable bonds is 6. The Morgan fingerprint density at radius 3 is 2.50 bits per heavy atom. The molecule has 0 heterocycles. The van der Waals surface area contributed by atoms with Gasteiger partial charge in [0.2, 0.25) is 0 Å². The number of benzene rings is 1. The third-order valence-corrected chi connectivity index (χ3v) is 2.51. The molecule has 1 aromatic rings. The van der Waals surface area contributed by atoms with Gasteiger partial charge in [-0.1, -0.05) is 0 Å². The van der Waals surface area contributed by atoms with E-state index in [2.05, 4.69) is 0 Å². The van der Waals surface area contributed by atoms with Crippen LogP contribution in [0.1, 0.15) is 18.6 Å². The molecular formula is C12H16F3NO2. The minimum absolute atomic E-state index is 0.00427. The second kappa shape index (κ2) is 6.61. The number of alkyl halides is 2. The average Bonchev–Trinajstić information content (AvgIpc) is 2.27. The Balaban J connectivity index is 3.09. The lowest BCUT2D eigenvalue weighted by atomic mass is 10.1. The monoisotopic (exact) mass is 263 g/mol. The van der Waals surface area contributed by atoms with Crippen LogP contribution < -0.4 is 4.90 Å². The molecule has 6 heteroatoms. The Hall–Kier alpha value is -1.27. The van der Waals surface area contributed by atoms with E-state index in [0.717, 1.165) is 12.1 Å². The van der Waals surface area contributed by atoms with E-state index in [9.17, 15) is 18.3 Å². The highest BCUT2D eigenvalue weighted by molar-refractivity contribution is 5.54. The van der Waals surface area contributed by atoms with Gasteiger partial charge in [-0.15, -0.1) is 0 Å². The molecule has 0 amide bonds. The summed E-state index contributed by atoms with van der Waals surface area (Å²) >= 11 is 0. The minimum Gasteiger partial charge on any atom is -0.395 e. The lowest BCUT2D eigenvalue weighted by molar-refractivity contribution is 0.152. The van der Waals surface area contributed by atoms with Gasteiger partial charge >= 0.3 is 0 Å². The number of aliphatic hydroxyl groups excluding tert-OH is 2. The molecular weight excluding hydrogens is 247 g/mol. The van der Waals surface area contributed by atoms with Crippen LogP contribution in [0.2, 0.25) is 0 Å². The molecule has 1 rings (SSSR count). The molecule has 0 saturated heterocycles. The molecule has 18 heavy (non-hydrogen) atoms. The summed E-state index contributed by atoms with van der Waals surface area (Å²) in [4.78, 5) is 1.23. The van der Waals surface area contributed by atoms with E-state index in [4.69, 9.17) is 5.11 Å². The molecule has 0 saturated carbocycles. The van der Waals surface area contributed by atoms with Gasteiger partial charge in [-0.25, -0.2) is 13.2 Å². The van der Waals surface area contributed by atoms with Crippen molar-refractivity contribution in [2.45, 2.75) is 19.5 Å². The van der Waals surface area contributed by atoms with Gasteiger partial charge < -0.3 is 15.1 Å². The van der Waals surface area contributed by atoms with E-state index in [-0.39, 0.29) is 18.7 Å². The maximum absolute atomic E-state index is 13.1. The Labute approximate surface area is 103 Å². The molecule has 0 aromatic heterocycles. The second-order valence-electron chi connectivity index (χ2n) is 3.94. The second-order valence-corrected chi connectivity index (χ2v) is 3.94. The number of anilines is 1. The average molecular weight is 263 g/mol. The third kappa shape index (κ3) is 3.89. The van der Waals surface area contributed by atoms with Crippen LogP contribution in [0.5, 0.6) is 0 Å². The van der Waals surface area contributed by atoms with Gasteiger partial charge in [-0.3, -0.25) is 0 Å². The molecule has 0 aliphatic carbocycles. The van der Waals surface area contributed by atoms with Crippen molar-refractivity contribution in [2.75, 3.05) is 24.6 Å². The van der Waals surface area contributed by atoms with Crippen molar-refractivity contribution in [3.8, 4) is 0 Å². The zero-order chi connectivity index (χ0) is 13.7. The largest absolute Gasteiger partial charge is 0.395 e. The highest BCUT2D eigenvalue weighted by atomic mass is 19.3. The molecule has 0 bridgehead atoms. The summed E-state index contributed by atoms with van der Waals surface area (Å²) in [7, 11) is 0. The number of aliphatic hydroxyl groups is 2. The van der Waals surface area contributed by atoms with Gasteiger partial charge in [0.25, 0.3) is 6.43 Å². The Morgan fingerprint density at radius 1 is 1.33 bits per heavy atom. The summed E-state index contributed by atoms with van der Waals surface area (Å²) < 4.78 is 38.0. The van der Waals surface area contributed by atoms with Gasteiger partial charge in [-0.2, -0.15) is 0 Å². The van der Waals surface area contributed by atoms with E-state index in [1.807, 2.05) is 0 Å². The molecule has 1 aromatic carbocycles. The van der Waals surface area contributed by atoms with Gasteiger partial charge in [-0.05, 0) is 25.1 Å². The predicted molar refractivity (Wildman–Crippen MR) is 62.3 cm³/mol. The van der Waals surface area contributed by atoms with Crippen molar-refractivity contribution in [1.29, 1.82) is 0 Å². The highest BCUT2D eigenvalue weighted by Gasteiger charge is 2.18. The molecule has 0 fully saturated rings. The molecule has 102 valence electrons. The summed E-state index contributed by atoms with van der Waals surface area (Å²) in [6.07, 6.45) is -3.56. The standard InChI is InChI=1S/C12H16F3NO2/c1-8(18)10-6-9(13)2-3-11(10)16(4-5-17)7-12(14)15/h2-3,6,8,12,17-18H,4-5,7H2,1H3/t8-/m1/s1. The molecule has 0 spiro atoms. The first-order chi connectivity index (χ1) is 8.45. The van der Waals surface area contributed by atoms with Crippen LogP contribution in [-0.2, 0) is 0 Å². The van der Waals surface area contributed by atoms with Gasteiger partial charge in [0, 0.05) is 17.8 Å². The SMILES string of the molecule is C[C@@H](O)c1cc(F)ccc1N(CCO)CC(F)F. The fraction of sp³-hybridized carbons (Fsp3) is 0.500. The molecule has 0 unspecified atom stereocenters. The molecule has 3 nitrogen and oxygen atoms in total. The van der Waals surface area contributed by atoms with Crippen LogP contribution in [0.15, 0.2) is 18.2 Å². The van der Waals surface area contributed by atoms with Crippen molar-refractivity contribution >= 4 is 5.69 Å². The first kappa shape index (κ1) is 14.8. The van der Waals surface area contributed by atoms with Crippen molar-refractivity contribution in [2.24, 2.45) is 0 Å². The highest BCUT2D eigenvalue weighted by Crippen LogP contribution is 2.27. The van der Waals surface area contributed by atoms with Crippen molar-refractivity contribution in [3.05, 3.63) is 29.6 Å². The zero-order valence-corrected chi connectivity index (χ0v) is 9.98. The summed E-state index contributed by atoms with van der Waals surface area (Å²) in [6.45, 7) is 0.544. The molecule has 0 aliphatic heterocycles. The van der Waals surface area contributed by atoms with E-state index < -0.39 is 24.9 Å². The topological polar surface area (TPSA) is 43.7 Å². The van der Waals surface area contributed by atoms with Crippen LogP contribution in [0.3, 0.4) is 0 Å². The van der Waals surface area contributed by atoms with Crippen molar-refractivity contribution in [1.82, 2.24) is 0 Å². The maximum Gasteiger partial charge on any atom is 0.255 e. The van der Waals surface area contributed by atoms with Gasteiger partial charge in [0.15, 0.2) is 0 Å². The lowest BCUT2D eigenvalue weighted by Gasteiger charge is -2.27. The van der Waals surface area contributed by atoms with E-state index in [1.54, 1.807) is 0 Å². The van der Waals surface area contributed by atoms with Crippen LogP contribution in [-0.4, -0.2) is 36.3 Å². The van der Waals surface area contributed by atoms with E-state index in [1.165, 1.54) is 17.9 Å². The van der Waals surface area contributed by atoms with E-state index >= 15 is 0 Å². The first-order valence-corrected chi connectivity index (χ1v) is 5.57.